The molecule has 0 fully saturated rings. The number of halogens is 1. The number of hydrogen-bond acceptors (Lipinski definition) is 5. The number of carbonyl (C=O) groups excluding carboxylic acids is 1. The van der Waals surface area contributed by atoms with Crippen molar-refractivity contribution in [3.8, 4) is 11.6 Å². The molecule has 3 aromatic carbocycles. The second-order valence-corrected chi connectivity index (χ2v) is 9.19. The molecule has 0 aliphatic carbocycles. The van der Waals surface area contributed by atoms with Gasteiger partial charge in [-0.3, -0.25) is 9.59 Å². The molecular formula is C29H28FN3O5. The van der Waals surface area contributed by atoms with Crippen LogP contribution in [-0.4, -0.2) is 38.5 Å². The van der Waals surface area contributed by atoms with E-state index in [-0.39, 0.29) is 30.3 Å². The Morgan fingerprint density at radius 3 is 2.37 bits per heavy atom. The van der Waals surface area contributed by atoms with E-state index in [1.54, 1.807) is 49.4 Å². The zero-order chi connectivity index (χ0) is 27.3. The molecular weight excluding hydrogens is 489 g/mol. The van der Waals surface area contributed by atoms with E-state index in [9.17, 15) is 24.2 Å². The number of amides is 1. The minimum absolute atomic E-state index is 0.0292. The zero-order valence-corrected chi connectivity index (χ0v) is 21.0. The van der Waals surface area contributed by atoms with Gasteiger partial charge in [0.2, 0.25) is 5.88 Å². The Kier molecular flexibility index (Phi) is 7.87. The van der Waals surface area contributed by atoms with Crippen LogP contribution in [-0.2, 0) is 10.4 Å². The van der Waals surface area contributed by atoms with E-state index in [4.69, 9.17) is 4.74 Å². The topological polar surface area (TPSA) is 114 Å². The second kappa shape index (κ2) is 11.3. The first kappa shape index (κ1) is 26.6. The predicted molar refractivity (Wildman–Crippen MR) is 139 cm³/mol. The van der Waals surface area contributed by atoms with E-state index < -0.39 is 29.3 Å². The lowest BCUT2D eigenvalue weighted by Crippen LogP contribution is -2.30. The molecule has 0 saturated carbocycles. The summed E-state index contributed by atoms with van der Waals surface area (Å²) < 4.78 is 21.7. The standard InChI is InChI=1S/C29H28FN3O5/c1-19-12-14-20(15-13-19)23(17-27(34)35)31-28(36)24-16-26(33(32-24)25-11-7-6-10-22(25)30)38-18-29(2,37)21-8-4-3-5-9-21/h3-16,23,37H,17-18H2,1-2H3,(H,31,36)(H,34,35)/t23-,29?/m0/s1. The maximum atomic E-state index is 14.7. The highest BCUT2D eigenvalue weighted by Crippen LogP contribution is 2.26. The first-order valence-corrected chi connectivity index (χ1v) is 12.0. The molecule has 8 nitrogen and oxygen atoms in total. The van der Waals surface area contributed by atoms with Gasteiger partial charge in [-0.15, -0.1) is 0 Å². The fourth-order valence-corrected chi connectivity index (χ4v) is 3.93. The van der Waals surface area contributed by atoms with E-state index in [1.165, 1.54) is 24.3 Å². The van der Waals surface area contributed by atoms with Crippen LogP contribution in [0.15, 0.2) is 84.9 Å². The molecule has 4 aromatic rings. The lowest BCUT2D eigenvalue weighted by molar-refractivity contribution is -0.137. The summed E-state index contributed by atoms with van der Waals surface area (Å²) in [4.78, 5) is 24.7. The van der Waals surface area contributed by atoms with E-state index >= 15 is 0 Å². The summed E-state index contributed by atoms with van der Waals surface area (Å²) in [5, 5.41) is 27.3. The van der Waals surface area contributed by atoms with Crippen LogP contribution in [0.4, 0.5) is 4.39 Å². The van der Waals surface area contributed by atoms with Crippen molar-refractivity contribution < 1.29 is 28.9 Å². The van der Waals surface area contributed by atoms with Crippen LogP contribution in [0.3, 0.4) is 0 Å². The monoisotopic (exact) mass is 517 g/mol. The summed E-state index contributed by atoms with van der Waals surface area (Å²) >= 11 is 0. The van der Waals surface area contributed by atoms with Crippen molar-refractivity contribution in [2.45, 2.75) is 31.9 Å². The molecule has 38 heavy (non-hydrogen) atoms. The maximum absolute atomic E-state index is 14.7. The van der Waals surface area contributed by atoms with Gasteiger partial charge in [0.05, 0.1) is 12.5 Å². The first-order valence-electron chi connectivity index (χ1n) is 12.0. The van der Waals surface area contributed by atoms with Gasteiger partial charge in [0.15, 0.2) is 5.69 Å². The number of para-hydroxylation sites is 1. The number of nitrogens with zero attached hydrogens (tertiary/aromatic N) is 2. The van der Waals surface area contributed by atoms with Crippen molar-refractivity contribution in [2.75, 3.05) is 6.61 Å². The minimum Gasteiger partial charge on any atom is -0.481 e. The number of aromatic nitrogens is 2. The predicted octanol–water partition coefficient (Wildman–Crippen LogP) is 4.55. The lowest BCUT2D eigenvalue weighted by Gasteiger charge is -2.24. The molecule has 0 spiro atoms. The van der Waals surface area contributed by atoms with Crippen molar-refractivity contribution in [1.29, 1.82) is 0 Å². The average Bonchev–Trinajstić information content (AvgIpc) is 3.32. The van der Waals surface area contributed by atoms with E-state index in [0.29, 0.717) is 11.1 Å². The van der Waals surface area contributed by atoms with Crippen LogP contribution < -0.4 is 10.1 Å². The molecule has 3 N–H and O–H groups in total. The third-order valence-corrected chi connectivity index (χ3v) is 6.05. The van der Waals surface area contributed by atoms with Crippen LogP contribution in [0.2, 0.25) is 0 Å². The zero-order valence-electron chi connectivity index (χ0n) is 21.0. The Hall–Kier alpha value is -4.50. The average molecular weight is 518 g/mol. The van der Waals surface area contributed by atoms with Crippen molar-refractivity contribution in [2.24, 2.45) is 0 Å². The van der Waals surface area contributed by atoms with Crippen LogP contribution in [0.5, 0.6) is 5.88 Å². The molecule has 1 unspecified atom stereocenters. The first-order chi connectivity index (χ1) is 18.1. The van der Waals surface area contributed by atoms with Gasteiger partial charge in [0, 0.05) is 6.07 Å². The minimum atomic E-state index is -1.38. The maximum Gasteiger partial charge on any atom is 0.305 e. The molecule has 2 atom stereocenters. The van der Waals surface area contributed by atoms with Crippen molar-refractivity contribution >= 4 is 11.9 Å². The highest BCUT2D eigenvalue weighted by Gasteiger charge is 2.27. The molecule has 1 heterocycles. The van der Waals surface area contributed by atoms with Gasteiger partial charge in [-0.2, -0.15) is 9.78 Å². The molecule has 0 aliphatic heterocycles. The Labute approximate surface area is 219 Å². The SMILES string of the molecule is Cc1ccc([C@H](CC(=O)O)NC(=O)c2cc(OCC(C)(O)c3ccccc3)n(-c3ccccc3F)n2)cc1. The summed E-state index contributed by atoms with van der Waals surface area (Å²) in [6, 6.07) is 22.4. The van der Waals surface area contributed by atoms with Gasteiger partial charge < -0.3 is 20.3 Å². The fraction of sp³-hybridized carbons (Fsp3) is 0.207. The Balaban J connectivity index is 1.64. The van der Waals surface area contributed by atoms with Crippen molar-refractivity contribution in [1.82, 2.24) is 15.1 Å². The highest BCUT2D eigenvalue weighted by molar-refractivity contribution is 5.93. The number of ether oxygens (including phenoxy) is 1. The lowest BCUT2D eigenvalue weighted by atomic mass is 9.97. The number of rotatable bonds is 10. The van der Waals surface area contributed by atoms with E-state index in [0.717, 1.165) is 10.2 Å². The molecule has 1 amide bonds. The number of aryl methyl sites for hydroxylation is 1. The molecule has 0 bridgehead atoms. The van der Waals surface area contributed by atoms with Crippen LogP contribution >= 0.6 is 0 Å². The summed E-state index contributed by atoms with van der Waals surface area (Å²) in [7, 11) is 0. The third-order valence-electron chi connectivity index (χ3n) is 6.05. The number of benzene rings is 3. The third kappa shape index (κ3) is 6.24. The quantitative estimate of drug-likeness (QED) is 0.284. The van der Waals surface area contributed by atoms with Crippen molar-refractivity contribution in [3.05, 3.63) is 113 Å². The molecule has 196 valence electrons. The van der Waals surface area contributed by atoms with Crippen LogP contribution in [0.25, 0.3) is 5.69 Å². The van der Waals surface area contributed by atoms with Gasteiger partial charge in [-0.25, -0.2) is 4.39 Å². The summed E-state index contributed by atoms with van der Waals surface area (Å²) in [6.07, 6.45) is -0.341. The molecule has 0 aliphatic rings. The Morgan fingerprint density at radius 1 is 1.05 bits per heavy atom. The van der Waals surface area contributed by atoms with Gasteiger partial charge in [0.1, 0.15) is 23.7 Å². The largest absolute Gasteiger partial charge is 0.481 e. The number of carboxylic acid groups (broad SMARTS) is 1. The summed E-state index contributed by atoms with van der Waals surface area (Å²) in [6.45, 7) is 3.28. The Bertz CT molecular complexity index is 1420. The summed E-state index contributed by atoms with van der Waals surface area (Å²) in [5.74, 6) is -2.31. The van der Waals surface area contributed by atoms with Gasteiger partial charge in [0.25, 0.3) is 5.91 Å². The number of aliphatic hydroxyl groups is 1. The van der Waals surface area contributed by atoms with Crippen molar-refractivity contribution in [3.63, 3.8) is 0 Å². The van der Waals surface area contributed by atoms with Crippen LogP contribution in [0.1, 0.15) is 46.6 Å². The molecule has 0 radical (unpaired) electrons. The number of hydrogen-bond donors (Lipinski definition) is 3. The highest BCUT2D eigenvalue weighted by atomic mass is 19.1. The number of carboxylic acids is 1. The van der Waals surface area contributed by atoms with Gasteiger partial charge in [-0.05, 0) is 37.1 Å². The van der Waals surface area contributed by atoms with Gasteiger partial charge >= 0.3 is 5.97 Å². The molecule has 4 rings (SSSR count). The fourth-order valence-electron chi connectivity index (χ4n) is 3.93. The Morgan fingerprint density at radius 2 is 1.71 bits per heavy atom. The molecule has 0 saturated heterocycles. The van der Waals surface area contributed by atoms with E-state index in [2.05, 4.69) is 10.4 Å². The second-order valence-electron chi connectivity index (χ2n) is 9.19. The number of carbonyl (C=O) groups is 2. The molecule has 9 heteroatoms. The van der Waals surface area contributed by atoms with Gasteiger partial charge in [-0.1, -0.05) is 72.3 Å². The smallest absolute Gasteiger partial charge is 0.305 e. The normalized spacial score (nSPS) is 13.4. The molecule has 1 aromatic heterocycles. The number of aliphatic carboxylic acids is 1. The number of nitrogens with one attached hydrogen (secondary N) is 1. The van der Waals surface area contributed by atoms with Crippen LogP contribution in [0, 0.1) is 12.7 Å². The van der Waals surface area contributed by atoms with E-state index in [1.807, 2.05) is 25.1 Å². The summed E-state index contributed by atoms with van der Waals surface area (Å²) in [5.41, 5.74) is 0.781.